The second kappa shape index (κ2) is 7.09. The molecule has 1 aromatic heterocycles. The van der Waals surface area contributed by atoms with E-state index in [1.807, 2.05) is 24.3 Å². The zero-order chi connectivity index (χ0) is 18.8. The van der Waals surface area contributed by atoms with E-state index in [-0.39, 0.29) is 22.1 Å². The summed E-state index contributed by atoms with van der Waals surface area (Å²) in [6.45, 7) is 1.91. The SMILES string of the molecule is CC(=O)NCCC1=c2ccccc2=N/C1=C\c1c(O)n(C)c(=S)[nH]c1=O. The molecule has 7 nitrogen and oxygen atoms in total. The number of allylic oxidation sites excluding steroid dienone is 1. The van der Waals surface area contributed by atoms with Gasteiger partial charge in [-0.2, -0.15) is 0 Å². The molecule has 134 valence electrons. The summed E-state index contributed by atoms with van der Waals surface area (Å²) in [6.07, 6.45) is 2.10. The fourth-order valence-electron chi connectivity index (χ4n) is 2.80. The molecule has 0 atom stereocenters. The number of benzene rings is 1. The Hall–Kier alpha value is -3.00. The molecule has 2 aromatic rings. The van der Waals surface area contributed by atoms with Crippen molar-refractivity contribution in [3.63, 3.8) is 0 Å². The number of hydrogen-bond acceptors (Lipinski definition) is 5. The molecule has 1 amide bonds. The van der Waals surface area contributed by atoms with Gasteiger partial charge in [-0.15, -0.1) is 0 Å². The van der Waals surface area contributed by atoms with Crippen LogP contribution in [-0.2, 0) is 11.8 Å². The lowest BCUT2D eigenvalue weighted by molar-refractivity contribution is -0.118. The number of para-hydroxylation sites is 1. The summed E-state index contributed by atoms with van der Waals surface area (Å²) in [7, 11) is 1.57. The van der Waals surface area contributed by atoms with Gasteiger partial charge in [0.05, 0.1) is 11.1 Å². The fourth-order valence-corrected chi connectivity index (χ4v) is 2.98. The van der Waals surface area contributed by atoms with Gasteiger partial charge in [-0.1, -0.05) is 18.2 Å². The van der Waals surface area contributed by atoms with Crippen molar-refractivity contribution in [3.8, 4) is 5.88 Å². The van der Waals surface area contributed by atoms with E-state index < -0.39 is 5.56 Å². The first-order chi connectivity index (χ1) is 12.4. The van der Waals surface area contributed by atoms with Gasteiger partial charge in [0.2, 0.25) is 11.8 Å². The number of aromatic hydroxyl groups is 1. The molecule has 1 aliphatic rings. The summed E-state index contributed by atoms with van der Waals surface area (Å²) in [5, 5.41) is 14.8. The number of rotatable bonds is 4. The van der Waals surface area contributed by atoms with Crippen LogP contribution in [0.4, 0.5) is 0 Å². The molecule has 2 heterocycles. The minimum Gasteiger partial charge on any atom is -0.494 e. The van der Waals surface area contributed by atoms with Crippen LogP contribution in [0.1, 0.15) is 18.9 Å². The quantitative estimate of drug-likeness (QED) is 0.683. The Balaban J connectivity index is 2.13. The standard InChI is InChI=1S/C18H18N4O3S/c1-10(23)19-8-7-12-11-5-3-4-6-14(11)20-15(12)9-13-16(24)21-18(26)22(2)17(13)25/h3-6,9,25H,7-8H2,1-2H3,(H,19,23)(H,21,24,26)/b15-9-. The van der Waals surface area contributed by atoms with E-state index in [9.17, 15) is 14.7 Å². The van der Waals surface area contributed by atoms with Crippen LogP contribution in [-0.4, -0.2) is 27.1 Å². The Kier molecular flexibility index (Phi) is 4.85. The Morgan fingerprint density at radius 1 is 1.42 bits per heavy atom. The van der Waals surface area contributed by atoms with E-state index >= 15 is 0 Å². The summed E-state index contributed by atoms with van der Waals surface area (Å²) in [6, 6.07) is 7.61. The lowest BCUT2D eigenvalue weighted by atomic mass is 10.1. The zero-order valence-electron chi connectivity index (χ0n) is 14.4. The highest BCUT2D eigenvalue weighted by Crippen LogP contribution is 2.23. The van der Waals surface area contributed by atoms with Crippen molar-refractivity contribution < 1.29 is 9.90 Å². The first-order valence-electron chi connectivity index (χ1n) is 8.04. The number of hydrogen-bond donors (Lipinski definition) is 3. The van der Waals surface area contributed by atoms with Gasteiger partial charge in [-0.05, 0) is 36.4 Å². The molecule has 0 saturated heterocycles. The van der Waals surface area contributed by atoms with E-state index in [1.165, 1.54) is 11.5 Å². The van der Waals surface area contributed by atoms with E-state index in [2.05, 4.69) is 15.3 Å². The topological polar surface area (TPSA) is 99.5 Å². The fraction of sp³-hybridized carbons (Fsp3) is 0.222. The highest BCUT2D eigenvalue weighted by molar-refractivity contribution is 7.71. The number of amides is 1. The largest absolute Gasteiger partial charge is 0.494 e. The molecular weight excluding hydrogens is 352 g/mol. The maximum Gasteiger partial charge on any atom is 0.262 e. The van der Waals surface area contributed by atoms with E-state index in [0.29, 0.717) is 18.7 Å². The smallest absolute Gasteiger partial charge is 0.262 e. The lowest BCUT2D eigenvalue weighted by Gasteiger charge is -2.08. The normalized spacial score (nSPS) is 14.2. The molecule has 0 aliphatic carbocycles. The van der Waals surface area contributed by atoms with Crippen LogP contribution in [0.15, 0.2) is 39.7 Å². The Morgan fingerprint density at radius 3 is 2.88 bits per heavy atom. The van der Waals surface area contributed by atoms with Gasteiger partial charge in [-0.25, -0.2) is 4.99 Å². The highest BCUT2D eigenvalue weighted by Gasteiger charge is 2.16. The lowest BCUT2D eigenvalue weighted by Crippen LogP contribution is -2.25. The van der Waals surface area contributed by atoms with Gasteiger partial charge < -0.3 is 10.4 Å². The number of carbonyl (C=O) groups excluding carboxylic acids is 1. The maximum absolute atomic E-state index is 12.2. The monoisotopic (exact) mass is 370 g/mol. The molecule has 0 bridgehead atoms. The minimum absolute atomic E-state index is 0.0877. The number of carbonyl (C=O) groups is 1. The molecule has 0 unspecified atom stereocenters. The van der Waals surface area contributed by atoms with E-state index in [4.69, 9.17) is 12.2 Å². The van der Waals surface area contributed by atoms with Crippen molar-refractivity contribution in [2.75, 3.05) is 6.54 Å². The third-order valence-corrected chi connectivity index (χ3v) is 4.51. The molecule has 26 heavy (non-hydrogen) atoms. The third-order valence-electron chi connectivity index (χ3n) is 4.14. The summed E-state index contributed by atoms with van der Waals surface area (Å²) >= 11 is 4.99. The van der Waals surface area contributed by atoms with Crippen LogP contribution in [0, 0.1) is 4.77 Å². The second-order valence-electron chi connectivity index (χ2n) is 5.93. The van der Waals surface area contributed by atoms with Gasteiger partial charge in [-0.3, -0.25) is 19.1 Å². The van der Waals surface area contributed by atoms with Crippen LogP contribution in [0.5, 0.6) is 5.88 Å². The van der Waals surface area contributed by atoms with Gasteiger partial charge in [0, 0.05) is 25.7 Å². The maximum atomic E-state index is 12.2. The number of fused-ring (bicyclic) bond motifs is 1. The summed E-state index contributed by atoms with van der Waals surface area (Å²) < 4.78 is 1.46. The average molecular weight is 370 g/mol. The van der Waals surface area contributed by atoms with Crippen molar-refractivity contribution in [1.29, 1.82) is 0 Å². The van der Waals surface area contributed by atoms with Crippen molar-refractivity contribution >= 4 is 29.8 Å². The van der Waals surface area contributed by atoms with Crippen molar-refractivity contribution in [2.45, 2.75) is 13.3 Å². The van der Waals surface area contributed by atoms with Crippen molar-refractivity contribution in [1.82, 2.24) is 14.9 Å². The van der Waals surface area contributed by atoms with Gasteiger partial charge in [0.25, 0.3) is 5.56 Å². The molecule has 8 heteroatoms. The Labute approximate surface area is 154 Å². The minimum atomic E-state index is -0.481. The summed E-state index contributed by atoms with van der Waals surface area (Å²) in [5.41, 5.74) is 1.09. The predicted octanol–water partition coefficient (Wildman–Crippen LogP) is 0.500. The van der Waals surface area contributed by atoms with Crippen LogP contribution in [0.3, 0.4) is 0 Å². The molecule has 0 saturated carbocycles. The molecule has 1 aromatic carbocycles. The summed E-state index contributed by atoms with van der Waals surface area (Å²) in [4.78, 5) is 30.5. The average Bonchev–Trinajstić information content (AvgIpc) is 2.94. The van der Waals surface area contributed by atoms with Gasteiger partial charge >= 0.3 is 0 Å². The highest BCUT2D eigenvalue weighted by atomic mass is 32.1. The number of H-pyrrole nitrogens is 1. The molecule has 3 rings (SSSR count). The molecule has 0 fully saturated rings. The van der Waals surface area contributed by atoms with E-state index in [0.717, 1.165) is 16.1 Å². The van der Waals surface area contributed by atoms with Gasteiger partial charge in [0.15, 0.2) is 4.77 Å². The number of aromatic amines is 1. The molecule has 0 radical (unpaired) electrons. The zero-order valence-corrected chi connectivity index (χ0v) is 15.2. The van der Waals surface area contributed by atoms with Crippen LogP contribution in [0.25, 0.3) is 11.6 Å². The first kappa shape index (κ1) is 17.8. The van der Waals surface area contributed by atoms with Crippen LogP contribution < -0.4 is 21.5 Å². The molecule has 3 N–H and O–H groups in total. The second-order valence-corrected chi connectivity index (χ2v) is 6.31. The first-order valence-corrected chi connectivity index (χ1v) is 8.45. The van der Waals surface area contributed by atoms with Crippen molar-refractivity contribution in [3.05, 3.63) is 61.2 Å². The van der Waals surface area contributed by atoms with Crippen LogP contribution in [0.2, 0.25) is 0 Å². The number of nitrogens with one attached hydrogen (secondary N) is 2. The Morgan fingerprint density at radius 2 is 2.15 bits per heavy atom. The van der Waals surface area contributed by atoms with Crippen LogP contribution >= 0.6 is 12.2 Å². The molecular formula is C18H18N4O3S. The number of nitrogens with zero attached hydrogens (tertiary/aromatic N) is 2. The third kappa shape index (κ3) is 3.36. The summed E-state index contributed by atoms with van der Waals surface area (Å²) in [5.74, 6) is -0.333. The predicted molar refractivity (Wildman–Crippen MR) is 100 cm³/mol. The molecule has 1 aliphatic heterocycles. The van der Waals surface area contributed by atoms with Crippen molar-refractivity contribution in [2.24, 2.45) is 12.0 Å². The number of aromatic nitrogens is 2. The molecule has 0 spiro atoms. The van der Waals surface area contributed by atoms with Gasteiger partial charge in [0.1, 0.15) is 5.56 Å². The van der Waals surface area contributed by atoms with E-state index in [1.54, 1.807) is 13.1 Å². The Bertz CT molecular complexity index is 1160.